The number of piperidine rings is 1. The molecule has 3 heterocycles. The molecule has 4 rings (SSSR count). The fourth-order valence-electron chi connectivity index (χ4n) is 2.85. The van der Waals surface area contributed by atoms with Gasteiger partial charge < -0.3 is 10.6 Å². The summed E-state index contributed by atoms with van der Waals surface area (Å²) in [5, 5.41) is 11.3. The Hall–Kier alpha value is -2.47. The minimum Gasteiger partial charge on any atom is -0.367 e. The molecule has 3 aromatic rings. The minimum atomic E-state index is 0.458. The summed E-state index contributed by atoms with van der Waals surface area (Å²) in [4.78, 5) is 8.84. The number of nitrogens with one attached hydrogen (secondary N) is 2. The molecule has 0 atom stereocenters. The van der Waals surface area contributed by atoms with Gasteiger partial charge in [-0.2, -0.15) is 14.6 Å². The molecule has 0 radical (unpaired) electrons. The van der Waals surface area contributed by atoms with Gasteiger partial charge in [0, 0.05) is 17.7 Å². The molecule has 0 aliphatic carbocycles. The summed E-state index contributed by atoms with van der Waals surface area (Å²) in [5.74, 6) is 1.58. The summed E-state index contributed by atoms with van der Waals surface area (Å²) in [5.41, 5.74) is 2.00. The normalized spacial score (nSPS) is 16.0. The van der Waals surface area contributed by atoms with Crippen LogP contribution < -0.4 is 10.6 Å². The lowest BCUT2D eigenvalue weighted by atomic mass is 10.1. The Morgan fingerprint density at radius 3 is 2.77 bits per heavy atom. The molecule has 0 unspecified atom stereocenters. The van der Waals surface area contributed by atoms with Crippen molar-refractivity contribution in [3.63, 3.8) is 0 Å². The fraction of sp³-hybridized carbons (Fsp3) is 0.312. The Kier molecular flexibility index (Phi) is 3.44. The molecule has 1 aliphatic rings. The first-order valence-corrected chi connectivity index (χ1v) is 7.63. The van der Waals surface area contributed by atoms with Crippen LogP contribution in [0.25, 0.3) is 17.0 Å². The Morgan fingerprint density at radius 2 is 1.95 bits per heavy atom. The van der Waals surface area contributed by atoms with Crippen molar-refractivity contribution in [2.24, 2.45) is 0 Å². The lowest BCUT2D eigenvalue weighted by Gasteiger charge is -2.24. The highest BCUT2D eigenvalue weighted by Gasteiger charge is 2.16. The zero-order chi connectivity index (χ0) is 14.8. The van der Waals surface area contributed by atoms with E-state index in [4.69, 9.17) is 0 Å². The smallest absolute Gasteiger partial charge is 0.254 e. The van der Waals surface area contributed by atoms with E-state index >= 15 is 0 Å². The summed E-state index contributed by atoms with van der Waals surface area (Å²) >= 11 is 0. The lowest BCUT2D eigenvalue weighted by Crippen LogP contribution is -2.35. The maximum absolute atomic E-state index is 4.60. The standard InChI is InChI=1S/C16H18N6/c1-2-4-12(5-3-1)14-10-15(20-13-6-8-17-9-7-13)22-16(21-14)18-11-19-22/h1-5,10-11,13,17,20H,6-9H2. The fourth-order valence-corrected chi connectivity index (χ4v) is 2.85. The third kappa shape index (κ3) is 2.53. The zero-order valence-corrected chi connectivity index (χ0v) is 12.2. The summed E-state index contributed by atoms with van der Waals surface area (Å²) in [6.45, 7) is 2.10. The first kappa shape index (κ1) is 13.2. The quantitative estimate of drug-likeness (QED) is 0.773. The largest absolute Gasteiger partial charge is 0.367 e. The van der Waals surface area contributed by atoms with Crippen LogP contribution in [0.2, 0.25) is 0 Å². The third-order valence-corrected chi connectivity index (χ3v) is 4.01. The van der Waals surface area contributed by atoms with Crippen molar-refractivity contribution < 1.29 is 0 Å². The summed E-state index contributed by atoms with van der Waals surface area (Å²) in [7, 11) is 0. The number of hydrogen-bond acceptors (Lipinski definition) is 5. The van der Waals surface area contributed by atoms with Crippen LogP contribution in [0.4, 0.5) is 5.82 Å². The van der Waals surface area contributed by atoms with Crippen molar-refractivity contribution in [3.05, 3.63) is 42.7 Å². The number of nitrogens with zero attached hydrogens (tertiary/aromatic N) is 4. The molecule has 6 nitrogen and oxygen atoms in total. The number of hydrogen-bond donors (Lipinski definition) is 2. The number of rotatable bonds is 3. The summed E-state index contributed by atoms with van der Waals surface area (Å²) in [6.07, 6.45) is 3.77. The van der Waals surface area contributed by atoms with Gasteiger partial charge >= 0.3 is 0 Å². The molecule has 22 heavy (non-hydrogen) atoms. The predicted octanol–water partition coefficient (Wildman–Crippen LogP) is 1.96. The first-order valence-electron chi connectivity index (χ1n) is 7.63. The molecule has 1 saturated heterocycles. The van der Waals surface area contributed by atoms with E-state index in [2.05, 4.69) is 43.9 Å². The van der Waals surface area contributed by atoms with Crippen LogP contribution in [0.3, 0.4) is 0 Å². The van der Waals surface area contributed by atoms with Gasteiger partial charge in [-0.3, -0.25) is 0 Å². The van der Waals surface area contributed by atoms with E-state index in [1.807, 2.05) is 18.2 Å². The van der Waals surface area contributed by atoms with Gasteiger partial charge in [-0.1, -0.05) is 30.3 Å². The molecule has 1 aliphatic heterocycles. The van der Waals surface area contributed by atoms with Crippen molar-refractivity contribution in [3.8, 4) is 11.3 Å². The molecular weight excluding hydrogens is 276 g/mol. The van der Waals surface area contributed by atoms with Gasteiger partial charge in [0.1, 0.15) is 12.1 Å². The van der Waals surface area contributed by atoms with Gasteiger partial charge in [0.25, 0.3) is 5.78 Å². The molecule has 2 aromatic heterocycles. The van der Waals surface area contributed by atoms with Crippen LogP contribution in [0, 0.1) is 0 Å². The maximum Gasteiger partial charge on any atom is 0.254 e. The van der Waals surface area contributed by atoms with Crippen LogP contribution in [-0.4, -0.2) is 38.7 Å². The SMILES string of the molecule is c1ccc(-c2cc(NC3CCNCC3)n3ncnc3n2)cc1. The molecular formula is C16H18N6. The van der Waals surface area contributed by atoms with Crippen LogP contribution in [0.5, 0.6) is 0 Å². The molecule has 2 N–H and O–H groups in total. The predicted molar refractivity (Wildman–Crippen MR) is 85.7 cm³/mol. The molecule has 0 saturated carbocycles. The van der Waals surface area contributed by atoms with E-state index in [0.717, 1.165) is 43.0 Å². The molecule has 1 fully saturated rings. The second-order valence-corrected chi connectivity index (χ2v) is 5.53. The van der Waals surface area contributed by atoms with Gasteiger partial charge in [-0.25, -0.2) is 4.98 Å². The van der Waals surface area contributed by atoms with Gasteiger partial charge in [-0.05, 0) is 25.9 Å². The van der Waals surface area contributed by atoms with Crippen molar-refractivity contribution in [2.75, 3.05) is 18.4 Å². The zero-order valence-electron chi connectivity index (χ0n) is 12.2. The Morgan fingerprint density at radius 1 is 1.14 bits per heavy atom. The van der Waals surface area contributed by atoms with Crippen LogP contribution in [0.1, 0.15) is 12.8 Å². The van der Waals surface area contributed by atoms with E-state index in [-0.39, 0.29) is 0 Å². The van der Waals surface area contributed by atoms with E-state index in [9.17, 15) is 0 Å². The second kappa shape index (κ2) is 5.73. The second-order valence-electron chi connectivity index (χ2n) is 5.53. The Bertz CT molecular complexity index is 761. The number of aromatic nitrogens is 4. The van der Waals surface area contributed by atoms with Gasteiger partial charge in [0.05, 0.1) is 5.69 Å². The van der Waals surface area contributed by atoms with Crippen molar-refractivity contribution in [1.82, 2.24) is 24.9 Å². The Balaban J connectivity index is 1.74. The topological polar surface area (TPSA) is 67.1 Å². The van der Waals surface area contributed by atoms with Crippen molar-refractivity contribution >= 4 is 11.6 Å². The summed E-state index contributed by atoms with van der Waals surface area (Å²) in [6, 6.07) is 12.7. The van der Waals surface area contributed by atoms with Crippen molar-refractivity contribution in [1.29, 1.82) is 0 Å². The highest BCUT2D eigenvalue weighted by Crippen LogP contribution is 2.22. The number of fused-ring (bicyclic) bond motifs is 1. The first-order chi connectivity index (χ1) is 10.9. The lowest BCUT2D eigenvalue weighted by molar-refractivity contribution is 0.477. The molecule has 112 valence electrons. The average molecular weight is 294 g/mol. The third-order valence-electron chi connectivity index (χ3n) is 4.01. The maximum atomic E-state index is 4.60. The van der Waals surface area contributed by atoms with Gasteiger partial charge in [-0.15, -0.1) is 0 Å². The van der Waals surface area contributed by atoms with Gasteiger partial charge in [0.15, 0.2) is 0 Å². The van der Waals surface area contributed by atoms with E-state index in [0.29, 0.717) is 11.8 Å². The van der Waals surface area contributed by atoms with Gasteiger partial charge in [0.2, 0.25) is 0 Å². The monoisotopic (exact) mass is 294 g/mol. The molecule has 6 heteroatoms. The van der Waals surface area contributed by atoms with Crippen LogP contribution >= 0.6 is 0 Å². The average Bonchev–Trinajstić information content (AvgIpc) is 3.05. The minimum absolute atomic E-state index is 0.458. The molecule has 0 bridgehead atoms. The molecule has 0 amide bonds. The highest BCUT2D eigenvalue weighted by molar-refractivity contribution is 5.65. The summed E-state index contributed by atoms with van der Waals surface area (Å²) < 4.78 is 1.77. The van der Waals surface area contributed by atoms with E-state index in [1.165, 1.54) is 0 Å². The van der Waals surface area contributed by atoms with E-state index in [1.54, 1.807) is 10.8 Å². The van der Waals surface area contributed by atoms with Crippen LogP contribution in [0.15, 0.2) is 42.7 Å². The number of benzene rings is 1. The highest BCUT2D eigenvalue weighted by atomic mass is 15.4. The molecule has 1 aromatic carbocycles. The molecule has 0 spiro atoms. The van der Waals surface area contributed by atoms with Crippen molar-refractivity contribution in [2.45, 2.75) is 18.9 Å². The number of anilines is 1. The van der Waals surface area contributed by atoms with Crippen LogP contribution in [-0.2, 0) is 0 Å². The van der Waals surface area contributed by atoms with E-state index < -0.39 is 0 Å². The Labute approximate surface area is 128 Å².